The number of aromatic nitrogens is 5. The van der Waals surface area contributed by atoms with Crippen LogP contribution in [0, 0.1) is 5.41 Å². The van der Waals surface area contributed by atoms with Crippen molar-refractivity contribution in [1.29, 1.82) is 0 Å². The van der Waals surface area contributed by atoms with Crippen molar-refractivity contribution in [2.45, 2.75) is 53.0 Å². The maximum atomic E-state index is 12.0. The van der Waals surface area contributed by atoms with Crippen molar-refractivity contribution in [3.8, 4) is 11.3 Å². The van der Waals surface area contributed by atoms with Crippen LogP contribution in [-0.2, 0) is 21.0 Å². The number of nitrogens with zero attached hydrogens (tertiary/aromatic N) is 5. The van der Waals surface area contributed by atoms with E-state index >= 15 is 0 Å². The summed E-state index contributed by atoms with van der Waals surface area (Å²) in [4.78, 5) is 20.9. The summed E-state index contributed by atoms with van der Waals surface area (Å²) in [5, 5.41) is 5.36. The largest absolute Gasteiger partial charge is 0.443 e. The van der Waals surface area contributed by atoms with E-state index in [9.17, 15) is 4.79 Å². The zero-order valence-electron chi connectivity index (χ0n) is 16.5. The lowest BCUT2D eigenvalue weighted by molar-refractivity contribution is -0.156. The molecule has 4 heterocycles. The van der Waals surface area contributed by atoms with Crippen LogP contribution in [0.5, 0.6) is 0 Å². The minimum absolute atomic E-state index is 0.0127. The van der Waals surface area contributed by atoms with Crippen LogP contribution in [0.3, 0.4) is 0 Å². The first-order chi connectivity index (χ1) is 13.4. The maximum absolute atomic E-state index is 12.0. The average Bonchev–Trinajstić information content (AvgIpc) is 3.33. The maximum Gasteiger partial charge on any atom is 0.312 e. The minimum Gasteiger partial charge on any atom is -0.443 e. The van der Waals surface area contributed by atoms with Gasteiger partial charge in [-0.05, 0) is 46.1 Å². The zero-order valence-corrected chi connectivity index (χ0v) is 16.5. The van der Waals surface area contributed by atoms with E-state index < -0.39 is 5.41 Å². The molecule has 0 amide bonds. The van der Waals surface area contributed by atoms with Crippen LogP contribution in [0.1, 0.15) is 46.3 Å². The van der Waals surface area contributed by atoms with Gasteiger partial charge in [0, 0.05) is 30.0 Å². The highest BCUT2D eigenvalue weighted by atomic mass is 16.5. The van der Waals surface area contributed by atoms with Crippen molar-refractivity contribution in [2.75, 3.05) is 6.61 Å². The quantitative estimate of drug-likeness (QED) is 0.641. The lowest BCUT2D eigenvalue weighted by Crippen LogP contribution is -2.23. The summed E-state index contributed by atoms with van der Waals surface area (Å²) in [6.07, 6.45) is 10.3. The first-order valence-corrected chi connectivity index (χ1v) is 9.57. The third kappa shape index (κ3) is 3.64. The molecule has 1 aliphatic heterocycles. The Balaban J connectivity index is 1.58. The van der Waals surface area contributed by atoms with E-state index in [1.165, 1.54) is 6.33 Å². The molecule has 1 unspecified atom stereocenters. The van der Waals surface area contributed by atoms with Gasteiger partial charge in [-0.1, -0.05) is 0 Å². The molecule has 4 rings (SSSR count). The van der Waals surface area contributed by atoms with E-state index in [-0.39, 0.29) is 18.9 Å². The zero-order chi connectivity index (χ0) is 19.7. The molecule has 3 aromatic heterocycles. The van der Waals surface area contributed by atoms with Crippen molar-refractivity contribution in [3.05, 3.63) is 31.0 Å². The topological polar surface area (TPSA) is 84.1 Å². The summed E-state index contributed by atoms with van der Waals surface area (Å²) in [6.45, 7) is 6.38. The number of fused-ring (bicyclic) bond motifs is 1. The van der Waals surface area contributed by atoms with E-state index in [2.05, 4.69) is 15.1 Å². The monoisotopic (exact) mass is 383 g/mol. The number of carbonyl (C=O) groups is 1. The number of esters is 1. The van der Waals surface area contributed by atoms with Gasteiger partial charge in [-0.25, -0.2) is 14.6 Å². The lowest BCUT2D eigenvalue weighted by Gasteiger charge is -2.22. The molecule has 0 N–H and O–H groups in total. The molecule has 0 radical (unpaired) electrons. The van der Waals surface area contributed by atoms with Crippen molar-refractivity contribution in [2.24, 2.45) is 5.41 Å². The van der Waals surface area contributed by atoms with Crippen LogP contribution in [-0.4, -0.2) is 36.9 Å². The fraction of sp³-hybridized carbons (Fsp3) is 0.500. The molecule has 28 heavy (non-hydrogen) atoms. The van der Waals surface area contributed by atoms with E-state index in [0.29, 0.717) is 5.65 Å². The molecule has 1 atom stereocenters. The molecule has 0 aromatic carbocycles. The van der Waals surface area contributed by atoms with Crippen LogP contribution in [0.25, 0.3) is 22.3 Å². The number of hydrogen-bond donors (Lipinski definition) is 0. The second-order valence-electron chi connectivity index (χ2n) is 8.09. The summed E-state index contributed by atoms with van der Waals surface area (Å²) < 4.78 is 14.9. The molecule has 1 saturated heterocycles. The highest BCUT2D eigenvalue weighted by molar-refractivity contribution is 5.90. The SMILES string of the molecule is CC(C)(C)C(=O)OCn1ccc2c(-c3cnn(C4CCCCO4)c3)ncnc21. The summed E-state index contributed by atoms with van der Waals surface area (Å²) in [7, 11) is 0. The van der Waals surface area contributed by atoms with Crippen molar-refractivity contribution in [3.63, 3.8) is 0 Å². The number of ether oxygens (including phenoxy) is 2. The minimum atomic E-state index is -0.543. The van der Waals surface area contributed by atoms with Gasteiger partial charge in [0.2, 0.25) is 0 Å². The van der Waals surface area contributed by atoms with Gasteiger partial charge in [0.1, 0.15) is 18.2 Å². The fourth-order valence-electron chi connectivity index (χ4n) is 3.23. The number of rotatable bonds is 4. The predicted octanol–water partition coefficient (Wildman–Crippen LogP) is 3.54. The van der Waals surface area contributed by atoms with Gasteiger partial charge in [-0.2, -0.15) is 5.10 Å². The highest BCUT2D eigenvalue weighted by Gasteiger charge is 2.23. The first kappa shape index (κ1) is 18.6. The number of carbonyl (C=O) groups excluding carboxylic acids is 1. The standard InChI is InChI=1S/C20H25N5O3/c1-20(2,3)19(26)28-13-24-8-7-15-17(21-12-22-18(15)24)14-10-23-25(11-14)16-6-4-5-9-27-16/h7-8,10-12,16H,4-6,9,13H2,1-3H3. The van der Waals surface area contributed by atoms with Crippen LogP contribution in [0.4, 0.5) is 0 Å². The van der Waals surface area contributed by atoms with Crippen molar-refractivity contribution >= 4 is 17.0 Å². The Hall–Kier alpha value is -2.74. The second kappa shape index (κ2) is 7.35. The van der Waals surface area contributed by atoms with Crippen LogP contribution in [0.15, 0.2) is 31.0 Å². The van der Waals surface area contributed by atoms with Gasteiger partial charge in [0.15, 0.2) is 6.73 Å². The molecule has 0 saturated carbocycles. The van der Waals surface area contributed by atoms with Crippen LogP contribution < -0.4 is 0 Å². The normalized spacial score (nSPS) is 17.8. The van der Waals surface area contributed by atoms with E-state index in [0.717, 1.165) is 42.5 Å². The van der Waals surface area contributed by atoms with E-state index in [1.807, 2.05) is 43.9 Å². The Morgan fingerprint density at radius 2 is 2.18 bits per heavy atom. The molecule has 3 aromatic rings. The molecule has 0 aliphatic carbocycles. The Labute approximate surface area is 163 Å². The summed E-state index contributed by atoms with van der Waals surface area (Å²) in [5.74, 6) is -0.252. The van der Waals surface area contributed by atoms with Gasteiger partial charge in [-0.15, -0.1) is 0 Å². The van der Waals surface area contributed by atoms with Crippen molar-refractivity contribution < 1.29 is 14.3 Å². The predicted molar refractivity (Wildman–Crippen MR) is 103 cm³/mol. The van der Waals surface area contributed by atoms with Crippen molar-refractivity contribution in [1.82, 2.24) is 24.3 Å². The Kier molecular flexibility index (Phi) is 4.89. The summed E-state index contributed by atoms with van der Waals surface area (Å²) in [5.41, 5.74) is 1.88. The first-order valence-electron chi connectivity index (χ1n) is 9.57. The Morgan fingerprint density at radius 1 is 1.32 bits per heavy atom. The smallest absolute Gasteiger partial charge is 0.312 e. The molecule has 1 fully saturated rings. The second-order valence-corrected chi connectivity index (χ2v) is 8.09. The van der Waals surface area contributed by atoms with Crippen LogP contribution in [0.2, 0.25) is 0 Å². The summed E-state index contributed by atoms with van der Waals surface area (Å²) >= 11 is 0. The highest BCUT2D eigenvalue weighted by Crippen LogP contribution is 2.28. The molecule has 0 spiro atoms. The summed E-state index contributed by atoms with van der Waals surface area (Å²) in [6, 6.07) is 1.93. The Morgan fingerprint density at radius 3 is 2.93 bits per heavy atom. The van der Waals surface area contributed by atoms with E-state index in [1.54, 1.807) is 10.8 Å². The van der Waals surface area contributed by atoms with Gasteiger partial charge < -0.3 is 9.47 Å². The van der Waals surface area contributed by atoms with E-state index in [4.69, 9.17) is 9.47 Å². The van der Waals surface area contributed by atoms with Gasteiger partial charge in [0.05, 0.1) is 17.3 Å². The average molecular weight is 383 g/mol. The van der Waals surface area contributed by atoms with Gasteiger partial charge in [0.25, 0.3) is 0 Å². The lowest BCUT2D eigenvalue weighted by atomic mass is 9.98. The molecule has 8 heteroatoms. The molecule has 8 nitrogen and oxygen atoms in total. The molecule has 1 aliphatic rings. The van der Waals surface area contributed by atoms with Gasteiger partial charge >= 0.3 is 5.97 Å². The fourth-order valence-corrected chi connectivity index (χ4v) is 3.23. The molecule has 0 bridgehead atoms. The third-order valence-corrected chi connectivity index (χ3v) is 4.83. The van der Waals surface area contributed by atoms with Crippen LogP contribution >= 0.6 is 0 Å². The third-order valence-electron chi connectivity index (χ3n) is 4.83. The number of hydrogen-bond acceptors (Lipinski definition) is 6. The van der Waals surface area contributed by atoms with Gasteiger partial charge in [-0.3, -0.25) is 9.36 Å². The molecular weight excluding hydrogens is 358 g/mol. The Bertz CT molecular complexity index is 979. The molecular formula is C20H25N5O3. The molecule has 148 valence electrons.